The molecule has 0 aromatic carbocycles. The van der Waals surface area contributed by atoms with Crippen molar-refractivity contribution in [1.82, 2.24) is 0 Å². The number of carbonyl (C=O) groups is 1. The SMILES string of the molecule is CCCCCCCCCCCCCCCCCC(=O)OCCOCCOCCOCCOCCOCCOCCOCCN. The minimum Gasteiger partial charge on any atom is -0.463 e. The molecule has 0 aliphatic carbocycles. The first kappa shape index (κ1) is 43.1. The van der Waals surface area contributed by atoms with Gasteiger partial charge in [-0.25, -0.2) is 0 Å². The smallest absolute Gasteiger partial charge is 0.305 e. The van der Waals surface area contributed by atoms with Gasteiger partial charge in [-0.1, -0.05) is 96.8 Å². The monoisotopic (exact) mass is 635 g/mol. The number of unbranched alkanes of at least 4 members (excludes halogenated alkanes) is 14. The normalized spacial score (nSPS) is 11.4. The van der Waals surface area contributed by atoms with Gasteiger partial charge in [-0.15, -0.1) is 0 Å². The van der Waals surface area contributed by atoms with E-state index < -0.39 is 0 Å². The van der Waals surface area contributed by atoms with E-state index in [0.29, 0.717) is 112 Å². The molecule has 0 atom stereocenters. The first-order chi connectivity index (χ1) is 21.8. The Balaban J connectivity index is 3.13. The Bertz CT molecular complexity index is 543. The van der Waals surface area contributed by atoms with Crippen LogP contribution in [-0.2, 0) is 42.7 Å². The van der Waals surface area contributed by atoms with Gasteiger partial charge in [0.1, 0.15) is 6.61 Å². The molecule has 264 valence electrons. The summed E-state index contributed by atoms with van der Waals surface area (Å²) < 4.78 is 43.1. The second-order valence-corrected chi connectivity index (χ2v) is 11.0. The highest BCUT2D eigenvalue weighted by atomic mass is 16.6. The number of carbonyl (C=O) groups excluding carboxylic acids is 1. The summed E-state index contributed by atoms with van der Waals surface area (Å²) in [5.41, 5.74) is 5.33. The summed E-state index contributed by atoms with van der Waals surface area (Å²) in [5.74, 6) is -0.126. The molecule has 0 amide bonds. The van der Waals surface area contributed by atoms with E-state index in [4.69, 9.17) is 43.6 Å². The highest BCUT2D eigenvalue weighted by Gasteiger charge is 2.03. The molecule has 10 nitrogen and oxygen atoms in total. The van der Waals surface area contributed by atoms with Gasteiger partial charge in [0.2, 0.25) is 0 Å². The topological polar surface area (TPSA) is 117 Å². The molecule has 0 aromatic heterocycles. The summed E-state index contributed by atoms with van der Waals surface area (Å²) in [6.07, 6.45) is 20.3. The van der Waals surface area contributed by atoms with Gasteiger partial charge in [-0.05, 0) is 6.42 Å². The van der Waals surface area contributed by atoms with E-state index in [-0.39, 0.29) is 5.97 Å². The molecule has 0 fully saturated rings. The van der Waals surface area contributed by atoms with Crippen molar-refractivity contribution in [2.24, 2.45) is 5.73 Å². The first-order valence-electron chi connectivity index (χ1n) is 17.7. The molecule has 44 heavy (non-hydrogen) atoms. The summed E-state index contributed by atoms with van der Waals surface area (Å²) in [6, 6.07) is 0. The van der Waals surface area contributed by atoms with E-state index in [1.165, 1.54) is 83.5 Å². The van der Waals surface area contributed by atoms with E-state index in [2.05, 4.69) is 6.92 Å². The minimum absolute atomic E-state index is 0.126. The second-order valence-electron chi connectivity index (χ2n) is 11.0. The third-order valence-electron chi connectivity index (χ3n) is 6.97. The Morgan fingerprint density at radius 1 is 0.386 bits per heavy atom. The van der Waals surface area contributed by atoms with Gasteiger partial charge in [-0.3, -0.25) is 4.79 Å². The Morgan fingerprint density at radius 3 is 0.977 bits per heavy atom. The van der Waals surface area contributed by atoms with E-state index in [0.717, 1.165) is 12.8 Å². The van der Waals surface area contributed by atoms with Gasteiger partial charge in [-0.2, -0.15) is 0 Å². The summed E-state index contributed by atoms with van der Waals surface area (Å²) in [6.45, 7) is 10.2. The number of nitrogens with two attached hydrogens (primary N) is 1. The first-order valence-corrected chi connectivity index (χ1v) is 17.7. The third kappa shape index (κ3) is 39.2. The number of hydrogen-bond donors (Lipinski definition) is 1. The predicted octanol–water partition coefficient (Wildman–Crippen LogP) is 5.87. The van der Waals surface area contributed by atoms with Crippen LogP contribution in [0.4, 0.5) is 0 Å². The van der Waals surface area contributed by atoms with Crippen molar-refractivity contribution in [3.05, 3.63) is 0 Å². The van der Waals surface area contributed by atoms with Gasteiger partial charge >= 0.3 is 5.97 Å². The van der Waals surface area contributed by atoms with Crippen molar-refractivity contribution < 1.29 is 42.7 Å². The Morgan fingerprint density at radius 2 is 0.659 bits per heavy atom. The van der Waals surface area contributed by atoms with Crippen LogP contribution in [0.2, 0.25) is 0 Å². The molecule has 0 radical (unpaired) electrons. The molecule has 0 spiro atoms. The van der Waals surface area contributed by atoms with E-state index in [1.807, 2.05) is 0 Å². The van der Waals surface area contributed by atoms with Crippen LogP contribution in [0.5, 0.6) is 0 Å². The predicted molar refractivity (Wildman–Crippen MR) is 175 cm³/mol. The fraction of sp³-hybridized carbons (Fsp3) is 0.971. The molecule has 0 rings (SSSR count). The standard InChI is InChI=1S/C34H69NO9/c1-2-3-4-5-6-7-8-9-10-11-12-13-14-15-16-17-34(36)44-33-32-43-31-30-42-29-28-41-27-26-40-25-24-39-23-22-38-21-20-37-19-18-35/h2-33,35H2,1H3. The largest absolute Gasteiger partial charge is 0.463 e. The zero-order valence-corrected chi connectivity index (χ0v) is 28.4. The lowest BCUT2D eigenvalue weighted by atomic mass is 10.0. The van der Waals surface area contributed by atoms with E-state index in [9.17, 15) is 4.79 Å². The molecule has 0 saturated carbocycles. The van der Waals surface area contributed by atoms with Crippen LogP contribution >= 0.6 is 0 Å². The molecule has 0 aliphatic heterocycles. The maximum absolute atomic E-state index is 11.9. The molecule has 0 aliphatic rings. The van der Waals surface area contributed by atoms with Crippen molar-refractivity contribution in [2.75, 3.05) is 106 Å². The lowest BCUT2D eigenvalue weighted by Crippen LogP contribution is -2.15. The van der Waals surface area contributed by atoms with Gasteiger partial charge in [0.05, 0.1) is 92.5 Å². The second kappa shape index (κ2) is 40.2. The Hall–Kier alpha value is -0.850. The van der Waals surface area contributed by atoms with Gasteiger partial charge in [0.15, 0.2) is 0 Å². The zero-order chi connectivity index (χ0) is 31.9. The van der Waals surface area contributed by atoms with Crippen molar-refractivity contribution >= 4 is 5.97 Å². The molecule has 0 aromatic rings. The highest BCUT2D eigenvalue weighted by Crippen LogP contribution is 2.13. The summed E-state index contributed by atoms with van der Waals surface area (Å²) >= 11 is 0. The van der Waals surface area contributed by atoms with Crippen LogP contribution in [0.1, 0.15) is 110 Å². The van der Waals surface area contributed by atoms with Crippen LogP contribution in [-0.4, -0.2) is 112 Å². The lowest BCUT2D eigenvalue weighted by molar-refractivity contribution is -0.145. The minimum atomic E-state index is -0.126. The average Bonchev–Trinajstić information content (AvgIpc) is 3.03. The van der Waals surface area contributed by atoms with Crippen LogP contribution in [0.25, 0.3) is 0 Å². The Labute approximate surface area is 269 Å². The van der Waals surface area contributed by atoms with Gasteiger partial charge < -0.3 is 43.6 Å². The van der Waals surface area contributed by atoms with Crippen LogP contribution in [0.3, 0.4) is 0 Å². The van der Waals surface area contributed by atoms with Crippen LogP contribution in [0, 0.1) is 0 Å². The molecule has 0 heterocycles. The molecular weight excluding hydrogens is 566 g/mol. The third-order valence-corrected chi connectivity index (χ3v) is 6.97. The summed E-state index contributed by atoms with van der Waals surface area (Å²) in [7, 11) is 0. The summed E-state index contributed by atoms with van der Waals surface area (Å²) in [4.78, 5) is 11.9. The number of rotatable bonds is 39. The average molecular weight is 636 g/mol. The number of esters is 1. The van der Waals surface area contributed by atoms with Crippen LogP contribution in [0.15, 0.2) is 0 Å². The van der Waals surface area contributed by atoms with Crippen molar-refractivity contribution in [3.63, 3.8) is 0 Å². The van der Waals surface area contributed by atoms with Crippen molar-refractivity contribution in [3.8, 4) is 0 Å². The fourth-order valence-electron chi connectivity index (χ4n) is 4.43. The van der Waals surface area contributed by atoms with Crippen molar-refractivity contribution in [2.45, 2.75) is 110 Å². The molecule has 2 N–H and O–H groups in total. The lowest BCUT2D eigenvalue weighted by Gasteiger charge is -2.08. The number of ether oxygens (including phenoxy) is 8. The molecule has 0 bridgehead atoms. The van der Waals surface area contributed by atoms with Gasteiger partial charge in [0.25, 0.3) is 0 Å². The summed E-state index contributed by atoms with van der Waals surface area (Å²) in [5, 5.41) is 0. The quantitative estimate of drug-likeness (QED) is 0.0650. The van der Waals surface area contributed by atoms with Gasteiger partial charge in [0, 0.05) is 13.0 Å². The van der Waals surface area contributed by atoms with E-state index >= 15 is 0 Å². The highest BCUT2D eigenvalue weighted by molar-refractivity contribution is 5.69. The zero-order valence-electron chi connectivity index (χ0n) is 28.4. The Kier molecular flexibility index (Phi) is 39.4. The molecule has 10 heteroatoms. The number of hydrogen-bond acceptors (Lipinski definition) is 10. The molecule has 0 unspecified atom stereocenters. The maximum atomic E-state index is 11.9. The van der Waals surface area contributed by atoms with E-state index in [1.54, 1.807) is 0 Å². The fourth-order valence-corrected chi connectivity index (χ4v) is 4.43. The molecular formula is C34H69NO9. The van der Waals surface area contributed by atoms with Crippen molar-refractivity contribution in [1.29, 1.82) is 0 Å². The molecule has 0 saturated heterocycles. The maximum Gasteiger partial charge on any atom is 0.305 e. The van der Waals surface area contributed by atoms with Crippen LogP contribution < -0.4 is 5.73 Å².